The fourth-order valence-corrected chi connectivity index (χ4v) is 3.36. The van der Waals surface area contributed by atoms with Crippen molar-refractivity contribution in [3.63, 3.8) is 0 Å². The number of nitrogens with zero attached hydrogens (tertiary/aromatic N) is 2. The summed E-state index contributed by atoms with van der Waals surface area (Å²) in [6, 6.07) is 15.0. The van der Waals surface area contributed by atoms with Crippen LogP contribution in [0.5, 0.6) is 11.5 Å². The lowest BCUT2D eigenvalue weighted by Crippen LogP contribution is -2.28. The summed E-state index contributed by atoms with van der Waals surface area (Å²) in [5.41, 5.74) is 2.57. The number of ether oxygens (including phenoxy) is 2. The molecule has 1 aliphatic heterocycles. The van der Waals surface area contributed by atoms with E-state index in [1.807, 2.05) is 42.5 Å². The van der Waals surface area contributed by atoms with Gasteiger partial charge in [0.25, 0.3) is 0 Å². The SMILES string of the molecule is COc1ccc(C2=NN(C(=O)CCCC(=O)[O-])[C@@H](c3ccccc3)C2)cc1OC. The van der Waals surface area contributed by atoms with Gasteiger partial charge in [0, 0.05) is 24.4 Å². The molecule has 7 heteroatoms. The van der Waals surface area contributed by atoms with Gasteiger partial charge in [-0.1, -0.05) is 30.3 Å². The molecule has 152 valence electrons. The molecule has 0 aromatic heterocycles. The van der Waals surface area contributed by atoms with E-state index in [-0.39, 0.29) is 31.2 Å². The maximum atomic E-state index is 12.8. The first kappa shape index (κ1) is 20.4. The summed E-state index contributed by atoms with van der Waals surface area (Å²) in [4.78, 5) is 23.4. The second-order valence-electron chi connectivity index (χ2n) is 6.71. The number of carboxylic acids is 1. The van der Waals surface area contributed by atoms with E-state index in [0.29, 0.717) is 17.9 Å². The Bertz CT molecular complexity index is 911. The minimum absolute atomic E-state index is 0.0972. The third-order valence-electron chi connectivity index (χ3n) is 4.84. The van der Waals surface area contributed by atoms with E-state index in [4.69, 9.17) is 9.47 Å². The van der Waals surface area contributed by atoms with Crippen molar-refractivity contribution in [1.82, 2.24) is 5.01 Å². The molecule has 1 aliphatic rings. The van der Waals surface area contributed by atoms with Gasteiger partial charge in [-0.05, 0) is 36.6 Å². The number of carbonyl (C=O) groups is 2. The average Bonchev–Trinajstić information content (AvgIpc) is 3.19. The number of amides is 1. The first-order chi connectivity index (χ1) is 14.0. The van der Waals surface area contributed by atoms with Crippen LogP contribution in [0.3, 0.4) is 0 Å². The molecule has 7 nitrogen and oxygen atoms in total. The van der Waals surface area contributed by atoms with Crippen LogP contribution in [0.15, 0.2) is 53.6 Å². The Kier molecular flexibility index (Phi) is 6.49. The molecule has 0 spiro atoms. The standard InChI is InChI=1S/C22H24N2O5/c1-28-19-12-11-16(13-20(19)29-2)17-14-18(15-7-4-3-5-8-15)24(23-17)21(25)9-6-10-22(26)27/h3-5,7-8,11-13,18H,6,9-10,14H2,1-2H3,(H,26,27)/p-1/t18-/m1/s1. The van der Waals surface area contributed by atoms with Gasteiger partial charge in [-0.2, -0.15) is 5.10 Å². The Morgan fingerprint density at radius 1 is 1.07 bits per heavy atom. The van der Waals surface area contributed by atoms with E-state index in [1.165, 1.54) is 5.01 Å². The van der Waals surface area contributed by atoms with Crippen LogP contribution < -0.4 is 14.6 Å². The zero-order chi connectivity index (χ0) is 20.8. The highest BCUT2D eigenvalue weighted by molar-refractivity contribution is 6.03. The zero-order valence-electron chi connectivity index (χ0n) is 16.5. The van der Waals surface area contributed by atoms with Crippen LogP contribution in [0.4, 0.5) is 0 Å². The van der Waals surface area contributed by atoms with Crippen LogP contribution in [0.1, 0.15) is 42.9 Å². The van der Waals surface area contributed by atoms with E-state index in [1.54, 1.807) is 20.3 Å². The fourth-order valence-electron chi connectivity index (χ4n) is 3.36. The Morgan fingerprint density at radius 2 is 1.79 bits per heavy atom. The summed E-state index contributed by atoms with van der Waals surface area (Å²) in [6.07, 6.45) is 0.716. The van der Waals surface area contributed by atoms with Gasteiger partial charge in [0.15, 0.2) is 11.5 Å². The number of hydrazone groups is 1. The fraction of sp³-hybridized carbons (Fsp3) is 0.318. The van der Waals surface area contributed by atoms with Crippen molar-refractivity contribution in [3.8, 4) is 11.5 Å². The van der Waals surface area contributed by atoms with Crippen molar-refractivity contribution < 1.29 is 24.2 Å². The highest BCUT2D eigenvalue weighted by atomic mass is 16.5. The zero-order valence-corrected chi connectivity index (χ0v) is 16.5. The van der Waals surface area contributed by atoms with Crippen molar-refractivity contribution in [2.75, 3.05) is 14.2 Å². The molecule has 29 heavy (non-hydrogen) atoms. The Labute approximate surface area is 169 Å². The molecule has 0 saturated carbocycles. The number of benzene rings is 2. The third-order valence-corrected chi connectivity index (χ3v) is 4.84. The van der Waals surface area contributed by atoms with Gasteiger partial charge >= 0.3 is 0 Å². The largest absolute Gasteiger partial charge is 0.550 e. The topological polar surface area (TPSA) is 91.3 Å². The number of carboxylic acid groups (broad SMARTS) is 1. The molecular weight excluding hydrogens is 372 g/mol. The van der Waals surface area contributed by atoms with Gasteiger partial charge in [0.05, 0.1) is 26.0 Å². The minimum Gasteiger partial charge on any atom is -0.550 e. The monoisotopic (exact) mass is 395 g/mol. The van der Waals surface area contributed by atoms with Gasteiger partial charge in [-0.3, -0.25) is 4.79 Å². The van der Waals surface area contributed by atoms with Gasteiger partial charge in [0.2, 0.25) is 5.91 Å². The number of methoxy groups -OCH3 is 2. The normalized spacial score (nSPS) is 15.7. The van der Waals surface area contributed by atoms with E-state index < -0.39 is 5.97 Å². The Morgan fingerprint density at radius 3 is 2.45 bits per heavy atom. The number of aliphatic carboxylic acids is 1. The van der Waals surface area contributed by atoms with Gasteiger partial charge in [0.1, 0.15) is 0 Å². The van der Waals surface area contributed by atoms with E-state index in [0.717, 1.165) is 16.8 Å². The summed E-state index contributed by atoms with van der Waals surface area (Å²) in [5, 5.41) is 16.7. The first-order valence-corrected chi connectivity index (χ1v) is 9.40. The van der Waals surface area contributed by atoms with Crippen molar-refractivity contribution in [2.24, 2.45) is 5.10 Å². The van der Waals surface area contributed by atoms with Crippen molar-refractivity contribution in [2.45, 2.75) is 31.7 Å². The number of hydrogen-bond donors (Lipinski definition) is 0. The number of hydrogen-bond acceptors (Lipinski definition) is 6. The van der Waals surface area contributed by atoms with Crippen molar-refractivity contribution in [3.05, 3.63) is 59.7 Å². The summed E-state index contributed by atoms with van der Waals surface area (Å²) < 4.78 is 10.7. The molecule has 2 aromatic rings. The van der Waals surface area contributed by atoms with Crippen molar-refractivity contribution in [1.29, 1.82) is 0 Å². The number of rotatable bonds is 8. The highest BCUT2D eigenvalue weighted by Crippen LogP contribution is 2.35. The first-order valence-electron chi connectivity index (χ1n) is 9.40. The maximum Gasteiger partial charge on any atom is 0.243 e. The average molecular weight is 395 g/mol. The van der Waals surface area contributed by atoms with Crippen LogP contribution in [0, 0.1) is 0 Å². The lowest BCUT2D eigenvalue weighted by Gasteiger charge is -2.22. The van der Waals surface area contributed by atoms with Crippen LogP contribution >= 0.6 is 0 Å². The quantitative estimate of drug-likeness (QED) is 0.684. The molecular formula is C22H23N2O5-. The van der Waals surface area contributed by atoms with Crippen LogP contribution in [0.2, 0.25) is 0 Å². The third kappa shape index (κ3) is 4.74. The Balaban J connectivity index is 1.88. The molecule has 0 unspecified atom stereocenters. The maximum absolute atomic E-state index is 12.8. The molecule has 1 atom stereocenters. The Hall–Kier alpha value is -3.35. The number of carbonyl (C=O) groups excluding carboxylic acids is 2. The smallest absolute Gasteiger partial charge is 0.243 e. The predicted molar refractivity (Wildman–Crippen MR) is 106 cm³/mol. The molecule has 1 amide bonds. The van der Waals surface area contributed by atoms with Gasteiger partial charge in [-0.25, -0.2) is 5.01 Å². The van der Waals surface area contributed by atoms with E-state index >= 15 is 0 Å². The minimum atomic E-state index is -1.16. The summed E-state index contributed by atoms with van der Waals surface area (Å²) >= 11 is 0. The van der Waals surface area contributed by atoms with Crippen LogP contribution in [0.25, 0.3) is 0 Å². The molecule has 0 N–H and O–H groups in total. The molecule has 2 aromatic carbocycles. The second kappa shape index (κ2) is 9.23. The lowest BCUT2D eigenvalue weighted by molar-refractivity contribution is -0.305. The molecule has 0 radical (unpaired) electrons. The summed E-state index contributed by atoms with van der Waals surface area (Å²) in [7, 11) is 3.14. The molecule has 0 aliphatic carbocycles. The molecule has 3 rings (SSSR count). The second-order valence-corrected chi connectivity index (χ2v) is 6.71. The van der Waals surface area contributed by atoms with Gasteiger partial charge in [-0.15, -0.1) is 0 Å². The molecule has 0 bridgehead atoms. The van der Waals surface area contributed by atoms with Crippen LogP contribution in [-0.2, 0) is 9.59 Å². The van der Waals surface area contributed by atoms with E-state index in [2.05, 4.69) is 5.10 Å². The van der Waals surface area contributed by atoms with Gasteiger partial charge < -0.3 is 19.4 Å². The molecule has 0 fully saturated rings. The lowest BCUT2D eigenvalue weighted by atomic mass is 9.98. The van der Waals surface area contributed by atoms with Crippen molar-refractivity contribution >= 4 is 17.6 Å². The predicted octanol–water partition coefficient (Wildman–Crippen LogP) is 2.30. The summed E-state index contributed by atoms with van der Waals surface area (Å²) in [5.74, 6) is -0.170. The van der Waals surface area contributed by atoms with E-state index in [9.17, 15) is 14.7 Å². The summed E-state index contributed by atoms with van der Waals surface area (Å²) in [6.45, 7) is 0. The molecule has 1 heterocycles. The van der Waals surface area contributed by atoms with Crippen LogP contribution in [-0.4, -0.2) is 36.8 Å². The molecule has 0 saturated heterocycles. The highest BCUT2D eigenvalue weighted by Gasteiger charge is 2.32.